The van der Waals surface area contributed by atoms with Crippen LogP contribution < -0.4 is 5.48 Å². The topological polar surface area (TPSA) is 58.6 Å². The van der Waals surface area contributed by atoms with E-state index in [-0.39, 0.29) is 5.57 Å². The van der Waals surface area contributed by atoms with Crippen LogP contribution in [0.25, 0.3) is 0 Å². The normalized spacial score (nSPS) is 15.3. The Bertz CT molecular complexity index is 183. The Balaban J connectivity index is 2.69. The molecule has 1 heterocycles. The van der Waals surface area contributed by atoms with Crippen LogP contribution in [-0.2, 0) is 9.63 Å². The second kappa shape index (κ2) is 2.21. The summed E-state index contributed by atoms with van der Waals surface area (Å²) in [5.41, 5.74) is 2.48. The first-order valence-electron chi connectivity index (χ1n) is 2.32. The van der Waals surface area contributed by atoms with Crippen molar-refractivity contribution >= 4 is 5.97 Å². The maximum Gasteiger partial charge on any atom is 0.339 e. The molecule has 0 aromatic carbocycles. The molecule has 0 aliphatic carbocycles. The molecular weight excluding hydrogens is 122 g/mol. The molecule has 0 aromatic rings. The Morgan fingerprint density at radius 1 is 1.78 bits per heavy atom. The van der Waals surface area contributed by atoms with Gasteiger partial charge in [0.2, 0.25) is 0 Å². The number of nitrogens with one attached hydrogen (secondary N) is 1. The van der Waals surface area contributed by atoms with Crippen LogP contribution in [0.3, 0.4) is 0 Å². The Morgan fingerprint density at radius 2 is 2.56 bits per heavy atom. The van der Waals surface area contributed by atoms with Gasteiger partial charge in [0.1, 0.15) is 6.26 Å². The fraction of sp³-hybridized carbons (Fsp3) is 0. The van der Waals surface area contributed by atoms with E-state index in [4.69, 9.17) is 5.11 Å². The Morgan fingerprint density at radius 3 is 2.89 bits per heavy atom. The van der Waals surface area contributed by atoms with Crippen molar-refractivity contribution in [1.82, 2.24) is 5.48 Å². The summed E-state index contributed by atoms with van der Waals surface area (Å²) in [7, 11) is 0. The molecular formula is C5H5NO3. The smallest absolute Gasteiger partial charge is 0.339 e. The highest BCUT2D eigenvalue weighted by Crippen LogP contribution is 1.99. The summed E-state index contributed by atoms with van der Waals surface area (Å²) in [5, 5.41) is 8.31. The van der Waals surface area contributed by atoms with Gasteiger partial charge in [-0.15, -0.1) is 0 Å². The van der Waals surface area contributed by atoms with Crippen molar-refractivity contribution in [3.05, 3.63) is 24.1 Å². The van der Waals surface area contributed by atoms with Gasteiger partial charge in [-0.1, -0.05) is 0 Å². The van der Waals surface area contributed by atoms with Crippen molar-refractivity contribution in [3.63, 3.8) is 0 Å². The first-order valence-corrected chi connectivity index (χ1v) is 2.32. The number of rotatable bonds is 1. The lowest BCUT2D eigenvalue weighted by atomic mass is 10.3. The van der Waals surface area contributed by atoms with Crippen molar-refractivity contribution in [2.24, 2.45) is 0 Å². The first-order chi connectivity index (χ1) is 4.30. The molecule has 4 heteroatoms. The summed E-state index contributed by atoms with van der Waals surface area (Å²) >= 11 is 0. The van der Waals surface area contributed by atoms with Crippen LogP contribution in [0.1, 0.15) is 0 Å². The third-order valence-electron chi connectivity index (χ3n) is 0.832. The molecule has 0 saturated heterocycles. The summed E-state index contributed by atoms with van der Waals surface area (Å²) in [6.07, 6.45) is 3.94. The largest absolute Gasteiger partial charge is 0.478 e. The van der Waals surface area contributed by atoms with E-state index in [1.807, 2.05) is 0 Å². The number of carboxylic acid groups (broad SMARTS) is 1. The second-order valence-corrected chi connectivity index (χ2v) is 1.45. The molecule has 0 bridgehead atoms. The summed E-state index contributed by atoms with van der Waals surface area (Å²) in [6.45, 7) is 0. The maximum atomic E-state index is 10.1. The zero-order chi connectivity index (χ0) is 6.69. The van der Waals surface area contributed by atoms with Crippen molar-refractivity contribution in [2.45, 2.75) is 0 Å². The minimum atomic E-state index is -0.993. The molecule has 9 heavy (non-hydrogen) atoms. The van der Waals surface area contributed by atoms with Gasteiger partial charge in [0, 0.05) is 6.20 Å². The van der Waals surface area contributed by atoms with E-state index in [9.17, 15) is 4.79 Å². The van der Waals surface area contributed by atoms with E-state index in [1.165, 1.54) is 12.3 Å². The molecule has 0 atom stereocenters. The highest BCUT2D eigenvalue weighted by atomic mass is 16.6. The maximum absolute atomic E-state index is 10.1. The average Bonchev–Trinajstić information content (AvgIpc) is 1.90. The van der Waals surface area contributed by atoms with Gasteiger partial charge < -0.3 is 9.94 Å². The van der Waals surface area contributed by atoms with Crippen LogP contribution in [0.5, 0.6) is 0 Å². The van der Waals surface area contributed by atoms with Crippen molar-refractivity contribution in [1.29, 1.82) is 0 Å². The summed E-state index contributed by atoms with van der Waals surface area (Å²) in [4.78, 5) is 14.6. The molecule has 2 N–H and O–H groups in total. The number of carboxylic acids is 1. The van der Waals surface area contributed by atoms with E-state index in [0.717, 1.165) is 6.26 Å². The summed E-state index contributed by atoms with van der Waals surface area (Å²) in [6, 6.07) is 0. The Hall–Kier alpha value is -1.45. The van der Waals surface area contributed by atoms with Crippen LogP contribution >= 0.6 is 0 Å². The van der Waals surface area contributed by atoms with Gasteiger partial charge in [0.25, 0.3) is 0 Å². The van der Waals surface area contributed by atoms with Crippen molar-refractivity contribution in [3.8, 4) is 0 Å². The number of carbonyl (C=O) groups is 1. The van der Waals surface area contributed by atoms with Crippen molar-refractivity contribution in [2.75, 3.05) is 0 Å². The third-order valence-corrected chi connectivity index (χ3v) is 0.832. The zero-order valence-corrected chi connectivity index (χ0v) is 4.50. The predicted octanol–water partition coefficient (Wildman–Crippen LogP) is 0.00340. The Kier molecular flexibility index (Phi) is 1.40. The predicted molar refractivity (Wildman–Crippen MR) is 29.1 cm³/mol. The summed E-state index contributed by atoms with van der Waals surface area (Å²) < 4.78 is 0. The molecule has 48 valence electrons. The van der Waals surface area contributed by atoms with E-state index >= 15 is 0 Å². The number of hydrogen-bond donors (Lipinski definition) is 2. The minimum absolute atomic E-state index is 0.133. The van der Waals surface area contributed by atoms with E-state index in [0.29, 0.717) is 0 Å². The second-order valence-electron chi connectivity index (χ2n) is 1.45. The molecule has 0 radical (unpaired) electrons. The molecule has 4 nitrogen and oxygen atoms in total. The van der Waals surface area contributed by atoms with Gasteiger partial charge >= 0.3 is 5.97 Å². The van der Waals surface area contributed by atoms with Gasteiger partial charge in [-0.2, -0.15) is 0 Å². The molecule has 1 rings (SSSR count). The average molecular weight is 127 g/mol. The number of aliphatic carboxylic acids is 1. The third kappa shape index (κ3) is 1.22. The van der Waals surface area contributed by atoms with Gasteiger partial charge in [-0.05, 0) is 6.08 Å². The molecule has 0 amide bonds. The van der Waals surface area contributed by atoms with Crippen LogP contribution in [0.2, 0.25) is 0 Å². The SMILES string of the molecule is O=C(O)C1=CONC=C1. The standard InChI is InChI=1S/C5H5NO3/c7-5(8)4-1-2-6-9-3-4/h1-3,6H,(H,7,8). The molecule has 0 fully saturated rings. The Labute approximate surface area is 51.4 Å². The lowest BCUT2D eigenvalue weighted by molar-refractivity contribution is -0.132. The molecule has 0 saturated carbocycles. The zero-order valence-electron chi connectivity index (χ0n) is 4.50. The van der Waals surface area contributed by atoms with Crippen LogP contribution in [0, 0.1) is 0 Å². The molecule has 0 unspecified atom stereocenters. The van der Waals surface area contributed by atoms with Crippen molar-refractivity contribution < 1.29 is 14.7 Å². The van der Waals surface area contributed by atoms with E-state index in [1.54, 1.807) is 0 Å². The quantitative estimate of drug-likeness (QED) is 0.520. The number of hydroxylamine groups is 1. The van der Waals surface area contributed by atoms with Gasteiger partial charge in [-0.3, -0.25) is 0 Å². The van der Waals surface area contributed by atoms with Crippen LogP contribution in [-0.4, -0.2) is 11.1 Å². The monoisotopic (exact) mass is 127 g/mol. The molecule has 1 aliphatic heterocycles. The lowest BCUT2D eigenvalue weighted by Crippen LogP contribution is -2.09. The lowest BCUT2D eigenvalue weighted by Gasteiger charge is -2.03. The minimum Gasteiger partial charge on any atom is -0.478 e. The molecule has 1 aliphatic rings. The fourth-order valence-electron chi connectivity index (χ4n) is 0.422. The first kappa shape index (κ1) is 5.68. The van der Waals surface area contributed by atoms with Gasteiger partial charge in [-0.25, -0.2) is 10.3 Å². The van der Waals surface area contributed by atoms with Crippen LogP contribution in [0.4, 0.5) is 0 Å². The highest BCUT2D eigenvalue weighted by molar-refractivity contribution is 5.89. The molecule has 0 aromatic heterocycles. The van der Waals surface area contributed by atoms with Crippen LogP contribution in [0.15, 0.2) is 24.1 Å². The van der Waals surface area contributed by atoms with E-state index in [2.05, 4.69) is 10.3 Å². The fourth-order valence-corrected chi connectivity index (χ4v) is 0.422. The van der Waals surface area contributed by atoms with Gasteiger partial charge in [0.15, 0.2) is 0 Å². The van der Waals surface area contributed by atoms with E-state index < -0.39 is 5.97 Å². The highest BCUT2D eigenvalue weighted by Gasteiger charge is 2.04. The molecule has 0 spiro atoms. The van der Waals surface area contributed by atoms with Gasteiger partial charge in [0.05, 0.1) is 5.57 Å². The number of hydrogen-bond acceptors (Lipinski definition) is 3. The summed E-state index contributed by atoms with van der Waals surface area (Å²) in [5.74, 6) is -0.993.